The van der Waals surface area contributed by atoms with Gasteiger partial charge in [0.1, 0.15) is 0 Å². The van der Waals surface area contributed by atoms with Crippen LogP contribution in [0.4, 0.5) is 0 Å². The maximum atomic E-state index is 12.0. The number of H-pyrrole nitrogens is 1. The predicted molar refractivity (Wildman–Crippen MR) is 70.6 cm³/mol. The van der Waals surface area contributed by atoms with Crippen molar-refractivity contribution in [2.24, 2.45) is 5.41 Å². The van der Waals surface area contributed by atoms with Crippen molar-refractivity contribution in [3.8, 4) is 0 Å². The molecule has 0 spiro atoms. The molecule has 1 atom stereocenters. The zero-order valence-corrected chi connectivity index (χ0v) is 11.0. The molecular weight excluding hydrogens is 228 g/mol. The number of aromatic nitrogens is 1. The van der Waals surface area contributed by atoms with Gasteiger partial charge in [-0.2, -0.15) is 0 Å². The maximum absolute atomic E-state index is 12.0. The van der Waals surface area contributed by atoms with Crippen molar-refractivity contribution >= 4 is 5.91 Å². The Bertz CT molecular complexity index is 470. The Labute approximate surface area is 107 Å². The van der Waals surface area contributed by atoms with Crippen molar-refractivity contribution in [2.75, 3.05) is 0 Å². The van der Waals surface area contributed by atoms with Crippen LogP contribution in [0.3, 0.4) is 0 Å². The third-order valence-corrected chi connectivity index (χ3v) is 3.59. The number of hydrogen-bond acceptors (Lipinski definition) is 2. The second-order valence-corrected chi connectivity index (χ2v) is 5.87. The molecule has 1 aliphatic rings. The highest BCUT2D eigenvalue weighted by Crippen LogP contribution is 2.35. The first kappa shape index (κ1) is 12.9. The molecular formula is C14H20N2O2. The zero-order chi connectivity index (χ0) is 13.2. The SMILES string of the molecule is CC1(C)CCCC(NC(=O)c2ccc(=O)[nH]c2)C1. The maximum Gasteiger partial charge on any atom is 0.252 e. The molecule has 4 heteroatoms. The van der Waals surface area contributed by atoms with Crippen molar-refractivity contribution in [2.45, 2.75) is 45.6 Å². The summed E-state index contributed by atoms with van der Waals surface area (Å²) in [5.74, 6) is -0.103. The number of carbonyl (C=O) groups excluding carboxylic acids is 1. The van der Waals surface area contributed by atoms with E-state index in [9.17, 15) is 9.59 Å². The summed E-state index contributed by atoms with van der Waals surface area (Å²) in [6, 6.07) is 3.18. The summed E-state index contributed by atoms with van der Waals surface area (Å²) in [5.41, 5.74) is 0.629. The lowest BCUT2D eigenvalue weighted by Gasteiger charge is -2.35. The molecule has 1 amide bonds. The molecule has 1 aromatic heterocycles. The molecule has 2 N–H and O–H groups in total. The standard InChI is InChI=1S/C14H20N2O2/c1-14(2)7-3-4-11(8-14)16-13(18)10-5-6-12(17)15-9-10/h5-6,9,11H,3-4,7-8H2,1-2H3,(H,15,17)(H,16,18). The minimum atomic E-state index is -0.189. The molecule has 1 heterocycles. The molecule has 2 rings (SSSR count). The van der Waals surface area contributed by atoms with E-state index in [1.54, 1.807) is 6.07 Å². The van der Waals surface area contributed by atoms with Crippen LogP contribution in [0.15, 0.2) is 23.1 Å². The zero-order valence-electron chi connectivity index (χ0n) is 11.0. The van der Waals surface area contributed by atoms with Gasteiger partial charge in [0.15, 0.2) is 0 Å². The van der Waals surface area contributed by atoms with Gasteiger partial charge < -0.3 is 10.3 Å². The molecule has 0 radical (unpaired) electrons. The van der Waals surface area contributed by atoms with Gasteiger partial charge in [-0.15, -0.1) is 0 Å². The minimum absolute atomic E-state index is 0.103. The molecule has 1 aliphatic carbocycles. The summed E-state index contributed by atoms with van der Waals surface area (Å²) in [4.78, 5) is 25.5. The molecule has 0 saturated heterocycles. The first-order valence-electron chi connectivity index (χ1n) is 6.46. The molecule has 4 nitrogen and oxygen atoms in total. The fourth-order valence-electron chi connectivity index (χ4n) is 2.64. The summed E-state index contributed by atoms with van der Waals surface area (Å²) in [5, 5.41) is 3.05. The number of rotatable bonds is 2. The van der Waals surface area contributed by atoms with Gasteiger partial charge in [-0.1, -0.05) is 20.3 Å². The van der Waals surface area contributed by atoms with Crippen molar-refractivity contribution in [1.82, 2.24) is 10.3 Å². The average Bonchev–Trinajstić information content (AvgIpc) is 2.28. The summed E-state index contributed by atoms with van der Waals surface area (Å²) >= 11 is 0. The van der Waals surface area contributed by atoms with Crippen LogP contribution in [-0.2, 0) is 0 Å². The van der Waals surface area contributed by atoms with Gasteiger partial charge in [0.05, 0.1) is 5.56 Å². The third-order valence-electron chi connectivity index (χ3n) is 3.59. The number of hydrogen-bond donors (Lipinski definition) is 2. The Kier molecular flexibility index (Phi) is 3.55. The first-order chi connectivity index (χ1) is 8.46. The van der Waals surface area contributed by atoms with E-state index < -0.39 is 0 Å². The third kappa shape index (κ3) is 3.22. The summed E-state index contributed by atoms with van der Waals surface area (Å²) in [7, 11) is 0. The monoisotopic (exact) mass is 248 g/mol. The van der Waals surface area contributed by atoms with E-state index in [1.807, 2.05) is 0 Å². The van der Waals surface area contributed by atoms with Gasteiger partial charge in [-0.05, 0) is 30.7 Å². The molecule has 1 fully saturated rings. The second kappa shape index (κ2) is 4.96. The molecule has 1 saturated carbocycles. The number of carbonyl (C=O) groups is 1. The summed E-state index contributed by atoms with van der Waals surface area (Å²) in [6.07, 6.45) is 5.90. The smallest absolute Gasteiger partial charge is 0.252 e. The topological polar surface area (TPSA) is 62.0 Å². The fraction of sp³-hybridized carbons (Fsp3) is 0.571. The van der Waals surface area contributed by atoms with E-state index >= 15 is 0 Å². The largest absolute Gasteiger partial charge is 0.349 e. The highest BCUT2D eigenvalue weighted by atomic mass is 16.2. The van der Waals surface area contributed by atoms with Gasteiger partial charge in [0, 0.05) is 18.3 Å². The quantitative estimate of drug-likeness (QED) is 0.841. The number of aromatic amines is 1. The van der Waals surface area contributed by atoms with Gasteiger partial charge >= 0.3 is 0 Å². The van der Waals surface area contributed by atoms with Gasteiger partial charge in [-0.3, -0.25) is 9.59 Å². The predicted octanol–water partition coefficient (Wildman–Crippen LogP) is 2.07. The van der Waals surface area contributed by atoms with E-state index in [-0.39, 0.29) is 17.5 Å². The first-order valence-corrected chi connectivity index (χ1v) is 6.46. The average molecular weight is 248 g/mol. The lowest BCUT2D eigenvalue weighted by molar-refractivity contribution is 0.0902. The van der Waals surface area contributed by atoms with Crippen molar-refractivity contribution in [3.63, 3.8) is 0 Å². The fourth-order valence-corrected chi connectivity index (χ4v) is 2.64. The van der Waals surface area contributed by atoms with Crippen LogP contribution in [0.25, 0.3) is 0 Å². The number of amides is 1. The van der Waals surface area contributed by atoms with Crippen LogP contribution in [0.1, 0.15) is 49.9 Å². The van der Waals surface area contributed by atoms with Crippen LogP contribution >= 0.6 is 0 Å². The summed E-state index contributed by atoms with van der Waals surface area (Å²) in [6.45, 7) is 4.48. The second-order valence-electron chi connectivity index (χ2n) is 5.87. The Morgan fingerprint density at radius 2 is 2.22 bits per heavy atom. The number of pyridine rings is 1. The van der Waals surface area contributed by atoms with Crippen molar-refractivity contribution in [1.29, 1.82) is 0 Å². The van der Waals surface area contributed by atoms with Crippen LogP contribution in [0.2, 0.25) is 0 Å². The Morgan fingerprint density at radius 1 is 1.44 bits per heavy atom. The van der Waals surface area contributed by atoms with Gasteiger partial charge in [0.2, 0.25) is 5.56 Å². The number of nitrogens with one attached hydrogen (secondary N) is 2. The highest BCUT2D eigenvalue weighted by molar-refractivity contribution is 5.93. The lowest BCUT2D eigenvalue weighted by atomic mass is 9.75. The van der Waals surface area contributed by atoms with Crippen molar-refractivity contribution < 1.29 is 4.79 Å². The van der Waals surface area contributed by atoms with E-state index in [1.165, 1.54) is 18.7 Å². The lowest BCUT2D eigenvalue weighted by Crippen LogP contribution is -2.40. The van der Waals surface area contributed by atoms with Crippen LogP contribution < -0.4 is 10.9 Å². The van der Waals surface area contributed by atoms with E-state index in [0.717, 1.165) is 19.3 Å². The van der Waals surface area contributed by atoms with Crippen LogP contribution in [0, 0.1) is 5.41 Å². The van der Waals surface area contributed by atoms with Crippen LogP contribution in [-0.4, -0.2) is 16.9 Å². The molecule has 0 aromatic carbocycles. The minimum Gasteiger partial charge on any atom is -0.349 e. The molecule has 0 aliphatic heterocycles. The summed E-state index contributed by atoms with van der Waals surface area (Å²) < 4.78 is 0. The molecule has 1 aromatic rings. The van der Waals surface area contributed by atoms with E-state index in [0.29, 0.717) is 11.0 Å². The van der Waals surface area contributed by atoms with Crippen LogP contribution in [0.5, 0.6) is 0 Å². The molecule has 18 heavy (non-hydrogen) atoms. The molecule has 0 bridgehead atoms. The van der Waals surface area contributed by atoms with E-state index in [4.69, 9.17) is 0 Å². The Morgan fingerprint density at radius 3 is 2.83 bits per heavy atom. The van der Waals surface area contributed by atoms with Crippen molar-refractivity contribution in [3.05, 3.63) is 34.2 Å². The Hall–Kier alpha value is -1.58. The highest BCUT2D eigenvalue weighted by Gasteiger charge is 2.28. The molecule has 98 valence electrons. The molecule has 1 unspecified atom stereocenters. The Balaban J connectivity index is 1.99. The normalized spacial score (nSPS) is 22.4. The van der Waals surface area contributed by atoms with Gasteiger partial charge in [-0.25, -0.2) is 0 Å². The van der Waals surface area contributed by atoms with E-state index in [2.05, 4.69) is 24.1 Å². The van der Waals surface area contributed by atoms with Gasteiger partial charge in [0.25, 0.3) is 5.91 Å².